The van der Waals surface area contributed by atoms with Crippen LogP contribution in [0.3, 0.4) is 0 Å². The van der Waals surface area contributed by atoms with Gasteiger partial charge >= 0.3 is 6.18 Å². The number of nitrogens with one attached hydrogen (secondary N) is 3. The molecule has 0 radical (unpaired) electrons. The zero-order valence-corrected chi connectivity index (χ0v) is 53.7. The Labute approximate surface area is 509 Å². The Kier molecular flexibility index (Phi) is 25.8. The zero-order chi connectivity index (χ0) is 65.0. The summed E-state index contributed by atoms with van der Waals surface area (Å²) in [6.45, 7) is 11.5. The van der Waals surface area contributed by atoms with Crippen LogP contribution < -0.4 is 16.0 Å². The fourth-order valence-electron chi connectivity index (χ4n) is 11.4. The minimum atomic E-state index is -4.75. The van der Waals surface area contributed by atoms with Crippen LogP contribution in [0.25, 0.3) is 0 Å². The summed E-state index contributed by atoms with van der Waals surface area (Å²) in [5.74, 6) is -8.00. The second-order valence-electron chi connectivity index (χ2n) is 24.8. The van der Waals surface area contributed by atoms with Gasteiger partial charge in [-0.05, 0) is 95.2 Å². The molecule has 22 nitrogen and oxygen atoms in total. The van der Waals surface area contributed by atoms with E-state index in [0.717, 1.165) is 58.9 Å². The predicted octanol–water partition coefficient (Wildman–Crippen LogP) is 3.95. The Bertz CT molecular complexity index is 2660. The molecule has 3 fully saturated rings. The van der Waals surface area contributed by atoms with Gasteiger partial charge < -0.3 is 55.1 Å². The number of carbonyl (C=O) groups is 11. The van der Waals surface area contributed by atoms with E-state index in [1.54, 1.807) is 27.7 Å². The number of hydrogen-bond donors (Lipinski definition) is 3. The second-order valence-corrected chi connectivity index (χ2v) is 25.2. The Morgan fingerprint density at radius 3 is 1.86 bits per heavy atom. The van der Waals surface area contributed by atoms with E-state index in [-0.39, 0.29) is 44.6 Å². The molecule has 1 aromatic carbocycles. The first kappa shape index (κ1) is 71.9. The fraction of sp³-hybridized carbons (Fsp3) is 0.717. The highest BCUT2D eigenvalue weighted by Gasteiger charge is 2.47. The van der Waals surface area contributed by atoms with Crippen molar-refractivity contribution >= 4 is 76.6 Å². The van der Waals surface area contributed by atoms with Crippen molar-refractivity contribution in [1.82, 2.24) is 55.1 Å². The van der Waals surface area contributed by atoms with Gasteiger partial charge in [-0.15, -0.1) is 0 Å². The normalized spacial score (nSPS) is 26.3. The maximum absolute atomic E-state index is 14.9. The van der Waals surface area contributed by atoms with Crippen molar-refractivity contribution in [3.05, 3.63) is 34.3 Å². The number of benzene rings is 1. The summed E-state index contributed by atoms with van der Waals surface area (Å²) in [6.07, 6.45) is 0.253. The number of amides is 11. The van der Waals surface area contributed by atoms with Crippen LogP contribution in [0.1, 0.15) is 137 Å². The molecular formula is C60H93ClF3N11O11. The number of rotatable bonds is 8. The number of fused-ring (bicyclic) bond motifs is 1. The maximum atomic E-state index is 14.9. The molecule has 86 heavy (non-hydrogen) atoms. The molecule has 8 atom stereocenters. The van der Waals surface area contributed by atoms with E-state index < -0.39 is 161 Å². The van der Waals surface area contributed by atoms with Crippen LogP contribution in [0.4, 0.5) is 13.2 Å². The van der Waals surface area contributed by atoms with E-state index in [1.165, 1.54) is 101 Å². The summed E-state index contributed by atoms with van der Waals surface area (Å²) in [5.41, 5.74) is -2.41. The lowest BCUT2D eigenvalue weighted by molar-refractivity contribution is -0.157. The molecule has 0 unspecified atom stereocenters. The molecule has 0 aromatic heterocycles. The van der Waals surface area contributed by atoms with Crippen LogP contribution in [0.15, 0.2) is 18.2 Å². The van der Waals surface area contributed by atoms with Crippen LogP contribution in [0.2, 0.25) is 5.02 Å². The van der Waals surface area contributed by atoms with Crippen LogP contribution in [0.5, 0.6) is 0 Å². The van der Waals surface area contributed by atoms with Gasteiger partial charge in [-0.2, -0.15) is 13.2 Å². The summed E-state index contributed by atoms with van der Waals surface area (Å²) in [4.78, 5) is 166. The molecule has 0 bridgehead atoms. The topological polar surface area (TPSA) is 250 Å². The summed E-state index contributed by atoms with van der Waals surface area (Å²) >= 11 is 6.08. The first-order valence-electron chi connectivity index (χ1n) is 29.8. The quantitative estimate of drug-likeness (QED) is 0.336. The molecule has 3 N–H and O–H groups in total. The van der Waals surface area contributed by atoms with E-state index in [0.29, 0.717) is 18.4 Å². The van der Waals surface area contributed by atoms with Gasteiger partial charge in [0.1, 0.15) is 41.8 Å². The molecule has 1 aromatic rings. The van der Waals surface area contributed by atoms with E-state index in [9.17, 15) is 65.9 Å². The third kappa shape index (κ3) is 18.3. The van der Waals surface area contributed by atoms with Gasteiger partial charge in [0.15, 0.2) is 0 Å². The smallest absolute Gasteiger partial charge is 0.351 e. The van der Waals surface area contributed by atoms with Gasteiger partial charge in [-0.25, -0.2) is 0 Å². The van der Waals surface area contributed by atoms with Gasteiger partial charge in [0.25, 0.3) is 0 Å². The van der Waals surface area contributed by atoms with Crippen LogP contribution in [0, 0.1) is 17.8 Å². The Morgan fingerprint density at radius 2 is 1.28 bits per heavy atom. The van der Waals surface area contributed by atoms with Gasteiger partial charge in [0.2, 0.25) is 65.0 Å². The fourth-order valence-corrected chi connectivity index (χ4v) is 11.7. The summed E-state index contributed by atoms with van der Waals surface area (Å²) in [5, 5.41) is 7.73. The number of halogens is 4. The first-order chi connectivity index (χ1) is 40.0. The predicted molar refractivity (Wildman–Crippen MR) is 316 cm³/mol. The van der Waals surface area contributed by atoms with Gasteiger partial charge in [-0.1, -0.05) is 83.9 Å². The minimum absolute atomic E-state index is 0.0329. The lowest BCUT2D eigenvalue weighted by Crippen LogP contribution is -2.63. The number of carbonyl (C=O) groups excluding carboxylic acids is 11. The number of nitrogens with zero attached hydrogens (tertiary/aromatic N) is 8. The molecule has 1 saturated carbocycles. The molecular weight excluding hydrogens is 1140 g/mol. The highest BCUT2D eigenvalue weighted by Crippen LogP contribution is 2.36. The third-order valence-corrected chi connectivity index (χ3v) is 17.9. The third-order valence-electron chi connectivity index (χ3n) is 17.6. The lowest BCUT2D eigenvalue weighted by Gasteiger charge is -2.42. The van der Waals surface area contributed by atoms with E-state index in [1.807, 2.05) is 6.92 Å². The lowest BCUT2D eigenvalue weighted by atomic mass is 9.84. The zero-order valence-electron chi connectivity index (χ0n) is 52.9. The van der Waals surface area contributed by atoms with Crippen LogP contribution >= 0.6 is 11.6 Å². The maximum Gasteiger partial charge on any atom is 0.417 e. The summed E-state index contributed by atoms with van der Waals surface area (Å²) < 4.78 is 41.1. The Balaban J connectivity index is 1.77. The van der Waals surface area contributed by atoms with Crippen LogP contribution in [-0.4, -0.2) is 228 Å². The number of alkyl halides is 3. The van der Waals surface area contributed by atoms with Crippen molar-refractivity contribution in [2.45, 2.75) is 186 Å². The SMILES string of the molecule is CC[C@H](C)[C@@H]1NC(=O)[C@H](C)N(C)C(=O)C[C@@H](C)NC(=O)[C@H](C(C)C)N(C)C(=O)C(C)(C)N(C)C(=O)[C@@H]2CCCN2C(=O)[C@H](CCc2ccc(C(F)(F)F)c(Cl)c2)NC(=O)CN(C)C(=O)[C@H](CC2CCCCC2)N(C)C(=O)CN(C)C(=O)CN(C)C1=O. The second kappa shape index (κ2) is 30.9. The van der Waals surface area contributed by atoms with Crippen molar-refractivity contribution in [2.24, 2.45) is 17.8 Å². The average molecular weight is 1240 g/mol. The molecule has 3 aliphatic rings. The van der Waals surface area contributed by atoms with E-state index in [2.05, 4.69) is 16.0 Å². The number of hydrogen-bond acceptors (Lipinski definition) is 11. The van der Waals surface area contributed by atoms with E-state index >= 15 is 0 Å². The molecule has 11 amide bonds. The van der Waals surface area contributed by atoms with Gasteiger partial charge in [0.05, 0.1) is 30.2 Å². The molecule has 1 aliphatic carbocycles. The summed E-state index contributed by atoms with van der Waals surface area (Å²) in [7, 11) is 9.76. The monoisotopic (exact) mass is 1240 g/mol. The van der Waals surface area contributed by atoms with Crippen molar-refractivity contribution in [3.8, 4) is 0 Å². The summed E-state index contributed by atoms with van der Waals surface area (Å²) in [6, 6.07) is -4.71. The minimum Gasteiger partial charge on any atom is -0.351 e. The molecule has 0 spiro atoms. The number of likely N-dealkylation sites (N-methyl/N-ethyl adjacent to an activating group) is 7. The standard InChI is InChI=1S/C60H93ClF3N11O11/c1-16-36(4)50-57(85)70(11)33-48(78)68(9)34-49(79)72(13)45(31-39-21-18-17-19-22-39)55(83)69(10)32-46(76)66-43(27-25-40-24-26-41(42(61)30-40)60(62,63)64)54(82)75-28-20-23-44(75)56(84)74(15)59(7,8)58(86)73(14)51(35(2)3)53(81)65-37(5)29-47(77)71(12)38(6)52(80)67-50/h24,26,30,35-39,43-45,50-51H,16-23,25,27-29,31-34H2,1-15H3,(H,65,81)(H,66,76)(H,67,80)/t36-,37+,38-,43-,44-,45-,50-,51-/m0/s1. The molecule has 2 saturated heterocycles. The van der Waals surface area contributed by atoms with Crippen molar-refractivity contribution in [1.29, 1.82) is 0 Å². The molecule has 2 aliphatic heterocycles. The Hall–Kier alpha value is -6.53. The molecule has 2 heterocycles. The van der Waals surface area contributed by atoms with Crippen molar-refractivity contribution in [2.75, 3.05) is 75.5 Å². The Morgan fingerprint density at radius 1 is 0.674 bits per heavy atom. The first-order valence-corrected chi connectivity index (χ1v) is 30.2. The van der Waals surface area contributed by atoms with Gasteiger partial charge in [0, 0.05) is 68.3 Å². The van der Waals surface area contributed by atoms with Crippen molar-refractivity contribution in [3.63, 3.8) is 0 Å². The van der Waals surface area contributed by atoms with E-state index in [4.69, 9.17) is 11.6 Å². The molecule has 482 valence electrons. The largest absolute Gasteiger partial charge is 0.417 e. The number of aryl methyl sites for hydroxylation is 1. The van der Waals surface area contributed by atoms with Crippen LogP contribution in [-0.2, 0) is 65.3 Å². The highest BCUT2D eigenvalue weighted by molar-refractivity contribution is 6.31. The van der Waals surface area contributed by atoms with Crippen molar-refractivity contribution < 1.29 is 65.9 Å². The average Bonchev–Trinajstić information content (AvgIpc) is 2.54. The molecule has 26 heteroatoms. The van der Waals surface area contributed by atoms with Gasteiger partial charge in [-0.3, -0.25) is 52.7 Å². The highest BCUT2D eigenvalue weighted by atomic mass is 35.5. The molecule has 4 rings (SSSR count).